The number of ether oxygens (including phenoxy) is 1. The Balaban J connectivity index is 2.61. The fourth-order valence-corrected chi connectivity index (χ4v) is 2.24. The van der Waals surface area contributed by atoms with E-state index in [9.17, 15) is 9.18 Å². The smallest absolute Gasteiger partial charge is 0.316 e. The minimum absolute atomic E-state index is 0.253. The summed E-state index contributed by atoms with van der Waals surface area (Å²) in [6.45, 7) is 7.34. The van der Waals surface area contributed by atoms with Crippen molar-refractivity contribution < 1.29 is 13.9 Å². The van der Waals surface area contributed by atoms with Gasteiger partial charge in [0, 0.05) is 5.39 Å². The molecule has 2 rings (SSSR count). The normalized spacial score (nSPS) is 11.3. The second-order valence-electron chi connectivity index (χ2n) is 6.24. The highest BCUT2D eigenvalue weighted by Crippen LogP contribution is 2.31. The molecule has 3 heteroatoms. The van der Waals surface area contributed by atoms with Crippen LogP contribution in [0.5, 0.6) is 5.75 Å². The van der Waals surface area contributed by atoms with Gasteiger partial charge >= 0.3 is 5.97 Å². The molecule has 0 bridgehead atoms. The van der Waals surface area contributed by atoms with Crippen molar-refractivity contribution in [2.45, 2.75) is 34.1 Å². The van der Waals surface area contributed by atoms with Gasteiger partial charge < -0.3 is 4.74 Å². The molecule has 0 heterocycles. The Labute approximate surface area is 130 Å². The molecule has 0 saturated heterocycles. The van der Waals surface area contributed by atoms with Crippen LogP contribution in [0.1, 0.15) is 38.8 Å². The van der Waals surface area contributed by atoms with Gasteiger partial charge in [0.1, 0.15) is 11.6 Å². The molecule has 0 aliphatic rings. The first-order valence-corrected chi connectivity index (χ1v) is 7.22. The van der Waals surface area contributed by atoms with Crippen molar-refractivity contribution in [3.05, 3.63) is 41.2 Å². The van der Waals surface area contributed by atoms with E-state index in [0.717, 1.165) is 10.9 Å². The fourth-order valence-electron chi connectivity index (χ4n) is 2.24. The SMILES string of the molecule is C#Cc1c(F)ccc2cc(OC(=O)C(C)(C)C)cc(CC)c12. The molecule has 0 N–H and O–H groups in total. The molecule has 0 aromatic heterocycles. The zero-order chi connectivity index (χ0) is 16.5. The molecule has 2 aromatic carbocycles. The summed E-state index contributed by atoms with van der Waals surface area (Å²) in [7, 11) is 0. The Morgan fingerprint density at radius 1 is 1.32 bits per heavy atom. The first kappa shape index (κ1) is 16.0. The number of hydrogen-bond donors (Lipinski definition) is 0. The number of fused-ring (bicyclic) bond motifs is 1. The number of carbonyl (C=O) groups excluding carboxylic acids is 1. The monoisotopic (exact) mass is 298 g/mol. The van der Waals surface area contributed by atoms with Crippen LogP contribution in [0, 0.1) is 23.6 Å². The van der Waals surface area contributed by atoms with E-state index < -0.39 is 11.2 Å². The molecule has 22 heavy (non-hydrogen) atoms. The average Bonchev–Trinajstić information content (AvgIpc) is 2.45. The van der Waals surface area contributed by atoms with Crippen molar-refractivity contribution in [3.8, 4) is 18.1 Å². The summed E-state index contributed by atoms with van der Waals surface area (Å²) in [5.74, 6) is 2.15. The Morgan fingerprint density at radius 2 is 2.00 bits per heavy atom. The topological polar surface area (TPSA) is 26.3 Å². The summed E-state index contributed by atoms with van der Waals surface area (Å²) < 4.78 is 19.3. The van der Waals surface area contributed by atoms with Crippen LogP contribution >= 0.6 is 0 Å². The Kier molecular flexibility index (Phi) is 4.23. The van der Waals surface area contributed by atoms with Crippen molar-refractivity contribution in [2.24, 2.45) is 5.41 Å². The molecule has 0 atom stereocenters. The largest absolute Gasteiger partial charge is 0.426 e. The molecule has 0 aliphatic heterocycles. The van der Waals surface area contributed by atoms with Crippen LogP contribution in [0.15, 0.2) is 24.3 Å². The summed E-state index contributed by atoms with van der Waals surface area (Å²) in [6.07, 6.45) is 6.10. The van der Waals surface area contributed by atoms with Gasteiger partial charge in [0.25, 0.3) is 0 Å². The van der Waals surface area contributed by atoms with Gasteiger partial charge in [-0.15, -0.1) is 6.42 Å². The van der Waals surface area contributed by atoms with E-state index in [1.807, 2.05) is 6.92 Å². The van der Waals surface area contributed by atoms with Crippen molar-refractivity contribution in [2.75, 3.05) is 0 Å². The summed E-state index contributed by atoms with van der Waals surface area (Å²) in [6, 6.07) is 6.47. The molecule has 0 fully saturated rings. The summed E-state index contributed by atoms with van der Waals surface area (Å²) in [4.78, 5) is 12.0. The second kappa shape index (κ2) is 5.81. The molecule has 0 unspecified atom stereocenters. The van der Waals surface area contributed by atoms with Crippen LogP contribution in [-0.2, 0) is 11.2 Å². The van der Waals surface area contributed by atoms with E-state index in [0.29, 0.717) is 17.6 Å². The van der Waals surface area contributed by atoms with Gasteiger partial charge in [-0.3, -0.25) is 4.79 Å². The second-order valence-corrected chi connectivity index (χ2v) is 6.24. The van der Waals surface area contributed by atoms with Crippen LogP contribution in [0.4, 0.5) is 4.39 Å². The van der Waals surface area contributed by atoms with Gasteiger partial charge in [0.15, 0.2) is 0 Å². The highest BCUT2D eigenvalue weighted by Gasteiger charge is 2.24. The van der Waals surface area contributed by atoms with Crippen molar-refractivity contribution in [1.29, 1.82) is 0 Å². The number of aryl methyl sites for hydroxylation is 1. The summed E-state index contributed by atoms with van der Waals surface area (Å²) >= 11 is 0. The lowest BCUT2D eigenvalue weighted by atomic mass is 9.96. The van der Waals surface area contributed by atoms with Gasteiger partial charge in [-0.2, -0.15) is 0 Å². The third kappa shape index (κ3) is 2.96. The maximum atomic E-state index is 13.9. The number of esters is 1. The molecular formula is C19H19FO2. The zero-order valence-electron chi connectivity index (χ0n) is 13.3. The Hall–Kier alpha value is -2.34. The number of halogens is 1. The zero-order valence-corrected chi connectivity index (χ0v) is 13.3. The highest BCUT2D eigenvalue weighted by atomic mass is 19.1. The number of terminal acetylenes is 1. The molecule has 0 spiro atoms. The number of carbonyl (C=O) groups is 1. The lowest BCUT2D eigenvalue weighted by Gasteiger charge is -2.17. The van der Waals surface area contributed by atoms with Gasteiger partial charge in [-0.05, 0) is 56.3 Å². The third-order valence-corrected chi connectivity index (χ3v) is 3.47. The molecule has 0 aliphatic carbocycles. The van der Waals surface area contributed by atoms with E-state index in [2.05, 4.69) is 5.92 Å². The van der Waals surface area contributed by atoms with Gasteiger partial charge in [-0.1, -0.05) is 18.9 Å². The molecule has 114 valence electrons. The van der Waals surface area contributed by atoms with E-state index in [1.54, 1.807) is 39.0 Å². The number of hydrogen-bond acceptors (Lipinski definition) is 2. The van der Waals surface area contributed by atoms with Crippen LogP contribution in [0.2, 0.25) is 0 Å². The summed E-state index contributed by atoms with van der Waals surface area (Å²) in [5.41, 5.74) is 0.526. The maximum absolute atomic E-state index is 13.9. The quantitative estimate of drug-likeness (QED) is 0.464. The van der Waals surface area contributed by atoms with E-state index in [4.69, 9.17) is 11.2 Å². The molecule has 2 nitrogen and oxygen atoms in total. The molecule has 2 aromatic rings. The predicted octanol–water partition coefficient (Wildman–Crippen LogP) is 4.47. The lowest BCUT2D eigenvalue weighted by Crippen LogP contribution is -2.25. The minimum atomic E-state index is -0.589. The molecule has 0 saturated carbocycles. The molecule has 0 amide bonds. The Morgan fingerprint density at radius 3 is 2.55 bits per heavy atom. The standard InChI is InChI=1S/C19H19FO2/c1-6-12-10-14(22-18(21)19(3,4)5)11-13-8-9-16(20)15(7-2)17(12)13/h2,8-11H,6H2,1,3-5H3. The van der Waals surface area contributed by atoms with E-state index >= 15 is 0 Å². The Bertz CT molecular complexity index is 777. The third-order valence-electron chi connectivity index (χ3n) is 3.47. The van der Waals surface area contributed by atoms with Crippen molar-refractivity contribution in [3.63, 3.8) is 0 Å². The first-order chi connectivity index (χ1) is 10.3. The highest BCUT2D eigenvalue weighted by molar-refractivity contribution is 5.93. The molecular weight excluding hydrogens is 279 g/mol. The van der Waals surface area contributed by atoms with E-state index in [1.165, 1.54) is 6.07 Å². The minimum Gasteiger partial charge on any atom is -0.426 e. The van der Waals surface area contributed by atoms with Crippen LogP contribution in [0.25, 0.3) is 10.8 Å². The number of benzene rings is 2. The van der Waals surface area contributed by atoms with Crippen molar-refractivity contribution >= 4 is 16.7 Å². The first-order valence-electron chi connectivity index (χ1n) is 7.22. The van der Waals surface area contributed by atoms with Crippen LogP contribution in [0.3, 0.4) is 0 Å². The fraction of sp³-hybridized carbons (Fsp3) is 0.316. The van der Waals surface area contributed by atoms with Gasteiger partial charge in [0.2, 0.25) is 0 Å². The van der Waals surface area contributed by atoms with Gasteiger partial charge in [-0.25, -0.2) is 4.39 Å². The van der Waals surface area contributed by atoms with E-state index in [-0.39, 0.29) is 11.5 Å². The van der Waals surface area contributed by atoms with Crippen LogP contribution < -0.4 is 4.74 Å². The average molecular weight is 298 g/mol. The maximum Gasteiger partial charge on any atom is 0.316 e. The van der Waals surface area contributed by atoms with Gasteiger partial charge in [0.05, 0.1) is 11.0 Å². The lowest BCUT2D eigenvalue weighted by molar-refractivity contribution is -0.142. The predicted molar refractivity (Wildman–Crippen MR) is 86.3 cm³/mol. The number of rotatable bonds is 2. The molecule has 0 radical (unpaired) electrons. The summed E-state index contributed by atoms with van der Waals surface area (Å²) in [5, 5.41) is 1.48. The van der Waals surface area contributed by atoms with Crippen LogP contribution in [-0.4, -0.2) is 5.97 Å². The van der Waals surface area contributed by atoms with Crippen molar-refractivity contribution in [1.82, 2.24) is 0 Å².